The topological polar surface area (TPSA) is 118 Å². The number of carbonyl (C=O) groups excluding carboxylic acids is 3. The van der Waals surface area contributed by atoms with E-state index in [-0.39, 0.29) is 42.7 Å². The van der Waals surface area contributed by atoms with Crippen LogP contribution in [0.2, 0.25) is 0 Å². The zero-order valence-corrected chi connectivity index (χ0v) is 25.5. The number of benzene rings is 2. The third-order valence-electron chi connectivity index (χ3n) is 8.25. The largest absolute Gasteiger partial charge is 0.493 e. The van der Waals surface area contributed by atoms with Crippen LogP contribution in [0.3, 0.4) is 0 Å². The summed E-state index contributed by atoms with van der Waals surface area (Å²) >= 11 is 0. The Morgan fingerprint density at radius 2 is 1.72 bits per heavy atom. The molecule has 2 aromatic rings. The Bertz CT molecular complexity index is 1300. The van der Waals surface area contributed by atoms with Crippen molar-refractivity contribution in [2.75, 3.05) is 32.9 Å². The fraction of sp³-hybridized carbons (Fsp3) is 0.545. The average Bonchev–Trinajstić information content (AvgIpc) is 3.50. The van der Waals surface area contributed by atoms with Crippen molar-refractivity contribution >= 4 is 17.9 Å². The maximum Gasteiger partial charge on any atom is 0.410 e. The fourth-order valence-electron chi connectivity index (χ4n) is 6.27. The number of nitrogens with zero attached hydrogens (tertiary/aromatic N) is 2. The predicted molar refractivity (Wildman–Crippen MR) is 160 cm³/mol. The lowest BCUT2D eigenvalue weighted by Crippen LogP contribution is -2.49. The van der Waals surface area contributed by atoms with Gasteiger partial charge in [-0.15, -0.1) is 0 Å². The third-order valence-corrected chi connectivity index (χ3v) is 8.25. The Morgan fingerprint density at radius 3 is 2.33 bits per heavy atom. The number of aliphatic hydroxyl groups excluding tert-OH is 1. The third kappa shape index (κ3) is 7.13. The highest BCUT2D eigenvalue weighted by Crippen LogP contribution is 2.32. The van der Waals surface area contributed by atoms with Gasteiger partial charge in [-0.3, -0.25) is 9.59 Å². The normalized spacial score (nSPS) is 20.3. The fourth-order valence-corrected chi connectivity index (χ4v) is 6.27. The molecule has 2 N–H and O–H groups in total. The number of rotatable bonds is 9. The van der Waals surface area contributed by atoms with Crippen molar-refractivity contribution in [3.05, 3.63) is 64.7 Å². The molecule has 3 amide bonds. The monoisotopic (exact) mass is 593 g/mol. The summed E-state index contributed by atoms with van der Waals surface area (Å²) in [5.41, 5.74) is 2.39. The lowest BCUT2D eigenvalue weighted by atomic mass is 10.1. The smallest absolute Gasteiger partial charge is 0.410 e. The summed E-state index contributed by atoms with van der Waals surface area (Å²) in [6.45, 7) is 8.57. The van der Waals surface area contributed by atoms with Crippen molar-refractivity contribution in [2.45, 2.75) is 83.2 Å². The number of morpholine rings is 1. The van der Waals surface area contributed by atoms with Crippen molar-refractivity contribution < 1.29 is 33.7 Å². The van der Waals surface area contributed by atoms with E-state index in [1.165, 1.54) is 11.1 Å². The van der Waals surface area contributed by atoms with E-state index in [4.69, 9.17) is 14.2 Å². The second-order valence-electron chi connectivity index (χ2n) is 12.6. The van der Waals surface area contributed by atoms with E-state index in [9.17, 15) is 19.5 Å². The van der Waals surface area contributed by atoms with Gasteiger partial charge in [-0.2, -0.15) is 0 Å². The van der Waals surface area contributed by atoms with Crippen LogP contribution in [0.5, 0.6) is 5.75 Å². The number of hydrogen-bond donors (Lipinski definition) is 2. The van der Waals surface area contributed by atoms with Crippen LogP contribution >= 0.6 is 0 Å². The van der Waals surface area contributed by atoms with Gasteiger partial charge in [0.2, 0.25) is 0 Å². The number of aliphatic hydroxyl groups is 1. The van der Waals surface area contributed by atoms with Crippen LogP contribution in [0.1, 0.15) is 72.4 Å². The van der Waals surface area contributed by atoms with Crippen LogP contribution in [0.25, 0.3) is 0 Å². The quantitative estimate of drug-likeness (QED) is 0.456. The summed E-state index contributed by atoms with van der Waals surface area (Å²) < 4.78 is 17.1. The molecular formula is C33H43N3O7. The maximum atomic E-state index is 13.4. The first kappa shape index (κ1) is 30.8. The van der Waals surface area contributed by atoms with Gasteiger partial charge in [-0.1, -0.05) is 24.3 Å². The molecule has 2 bridgehead atoms. The second kappa shape index (κ2) is 12.9. The van der Waals surface area contributed by atoms with Gasteiger partial charge in [0.1, 0.15) is 11.4 Å². The minimum Gasteiger partial charge on any atom is -0.493 e. The van der Waals surface area contributed by atoms with Crippen LogP contribution in [-0.2, 0) is 22.3 Å². The number of hydrogen-bond acceptors (Lipinski definition) is 7. The van der Waals surface area contributed by atoms with Crippen molar-refractivity contribution in [1.82, 2.24) is 15.1 Å². The molecule has 232 valence electrons. The summed E-state index contributed by atoms with van der Waals surface area (Å²) in [4.78, 5) is 43.3. The molecule has 0 saturated carbocycles. The summed E-state index contributed by atoms with van der Waals surface area (Å²) in [5, 5.41) is 13.7. The van der Waals surface area contributed by atoms with Gasteiger partial charge in [0.15, 0.2) is 0 Å². The molecule has 10 heteroatoms. The first-order chi connectivity index (χ1) is 20.5. The van der Waals surface area contributed by atoms with Crippen LogP contribution < -0.4 is 10.1 Å². The van der Waals surface area contributed by atoms with Crippen LogP contribution in [0.4, 0.5) is 4.79 Å². The Labute approximate surface area is 253 Å². The second-order valence-corrected chi connectivity index (χ2v) is 12.6. The number of fused-ring (bicyclic) bond motifs is 3. The molecule has 2 heterocycles. The Morgan fingerprint density at radius 1 is 1.07 bits per heavy atom. The van der Waals surface area contributed by atoms with E-state index in [1.807, 2.05) is 44.7 Å². The van der Waals surface area contributed by atoms with Crippen LogP contribution in [0.15, 0.2) is 42.5 Å². The molecule has 2 fully saturated rings. The lowest BCUT2D eigenvalue weighted by Gasteiger charge is -2.34. The van der Waals surface area contributed by atoms with Gasteiger partial charge in [0, 0.05) is 18.2 Å². The molecule has 3 aliphatic rings. The molecule has 0 spiro atoms. The Balaban J connectivity index is 1.24. The standard InChI is InChI=1S/C33H43N3O7/c1-5-42-29-16-23(31(39)36-24-11-12-25(36)20-41-19-24)10-13-28(29)30(38)34-17-27(37)18-35(32(40)43-33(2,3)4)26-14-21-8-6-7-9-22(21)15-26/h6-10,13,16,24-27,37H,5,11-12,14-15,17-20H2,1-4H3,(H,34,38). The molecule has 2 aliphatic heterocycles. The molecule has 0 aromatic heterocycles. The predicted octanol–water partition coefficient (Wildman–Crippen LogP) is 3.58. The molecule has 0 radical (unpaired) electrons. The molecule has 10 nitrogen and oxygen atoms in total. The minimum atomic E-state index is -1.03. The number of amides is 3. The molecule has 2 saturated heterocycles. The first-order valence-electron chi connectivity index (χ1n) is 15.2. The first-order valence-corrected chi connectivity index (χ1v) is 15.2. The van der Waals surface area contributed by atoms with Crippen molar-refractivity contribution in [2.24, 2.45) is 0 Å². The summed E-state index contributed by atoms with van der Waals surface area (Å²) in [6.07, 6.45) is 1.66. The number of carbonyl (C=O) groups is 3. The van der Waals surface area contributed by atoms with E-state index in [0.717, 1.165) is 12.8 Å². The van der Waals surface area contributed by atoms with Crippen molar-refractivity contribution in [3.63, 3.8) is 0 Å². The molecule has 43 heavy (non-hydrogen) atoms. The lowest BCUT2D eigenvalue weighted by molar-refractivity contribution is -0.00718. The molecule has 1 aliphatic carbocycles. The summed E-state index contributed by atoms with van der Waals surface area (Å²) in [7, 11) is 0. The van der Waals surface area contributed by atoms with Gasteiger partial charge in [-0.25, -0.2) is 4.79 Å². The molecule has 3 atom stereocenters. The van der Waals surface area contributed by atoms with E-state index in [1.54, 1.807) is 23.1 Å². The molecule has 3 unspecified atom stereocenters. The minimum absolute atomic E-state index is 0.00148. The van der Waals surface area contributed by atoms with Crippen LogP contribution in [-0.4, -0.2) is 95.6 Å². The van der Waals surface area contributed by atoms with E-state index >= 15 is 0 Å². The number of ether oxygens (including phenoxy) is 3. The van der Waals surface area contributed by atoms with Crippen LogP contribution in [0, 0.1) is 0 Å². The average molecular weight is 594 g/mol. The Kier molecular flexibility index (Phi) is 9.27. The molecule has 2 aromatic carbocycles. The number of nitrogens with one attached hydrogen (secondary N) is 1. The molecular weight excluding hydrogens is 550 g/mol. The summed E-state index contributed by atoms with van der Waals surface area (Å²) in [5.74, 6) is -0.222. The highest BCUT2D eigenvalue weighted by atomic mass is 16.6. The van der Waals surface area contributed by atoms with Gasteiger partial charge >= 0.3 is 6.09 Å². The Hall–Kier alpha value is -3.63. The van der Waals surface area contributed by atoms with Gasteiger partial charge < -0.3 is 34.4 Å². The van der Waals surface area contributed by atoms with Gasteiger partial charge in [0.05, 0.1) is 50.1 Å². The van der Waals surface area contributed by atoms with Gasteiger partial charge in [0.25, 0.3) is 11.8 Å². The SMILES string of the molecule is CCOc1cc(C(=O)N2C3CCC2COC3)ccc1C(=O)NCC(O)CN(C(=O)OC(C)(C)C)C1Cc2ccccc2C1. The van der Waals surface area contributed by atoms with E-state index < -0.39 is 23.7 Å². The highest BCUT2D eigenvalue weighted by Gasteiger charge is 2.41. The zero-order valence-electron chi connectivity index (χ0n) is 25.5. The summed E-state index contributed by atoms with van der Waals surface area (Å²) in [6, 6.07) is 12.9. The van der Waals surface area contributed by atoms with Crippen molar-refractivity contribution in [1.29, 1.82) is 0 Å². The van der Waals surface area contributed by atoms with Crippen molar-refractivity contribution in [3.8, 4) is 5.75 Å². The van der Waals surface area contributed by atoms with Gasteiger partial charge in [-0.05, 0) is 82.7 Å². The van der Waals surface area contributed by atoms with E-state index in [0.29, 0.717) is 44.0 Å². The maximum absolute atomic E-state index is 13.4. The van der Waals surface area contributed by atoms with E-state index in [2.05, 4.69) is 17.4 Å². The zero-order chi connectivity index (χ0) is 30.7. The molecule has 5 rings (SSSR count). The highest BCUT2D eigenvalue weighted by molar-refractivity contribution is 6.00.